The van der Waals surface area contributed by atoms with E-state index in [1.54, 1.807) is 31.4 Å². The largest absolute Gasteiger partial charge is 0.507 e. The van der Waals surface area contributed by atoms with Crippen LogP contribution in [0.25, 0.3) is 16.7 Å². The standard InChI is InChI=1S/C28H22ClN3O6/c1-38-21-10-11-23-22(14-21)18(15-30-23)12-13-31-25(16-4-8-20(9-5-16)32(36)37)24(27(34)28(31)35)26(33)17-2-6-19(29)7-3-17/h2-11,14-15,25,30,33H,12-13H2,1H3/t25-/m0/s1. The summed E-state index contributed by atoms with van der Waals surface area (Å²) in [4.78, 5) is 41.8. The second-order valence-corrected chi connectivity index (χ2v) is 9.26. The number of fused-ring (bicyclic) bond motifs is 1. The molecule has 1 fully saturated rings. The van der Waals surface area contributed by atoms with Crippen LogP contribution in [0.4, 0.5) is 5.69 Å². The molecule has 1 aliphatic rings. The average Bonchev–Trinajstić information content (AvgIpc) is 3.44. The lowest BCUT2D eigenvalue weighted by Gasteiger charge is -2.25. The first-order valence-electron chi connectivity index (χ1n) is 11.7. The molecule has 192 valence electrons. The number of aliphatic hydroxyl groups excluding tert-OH is 1. The van der Waals surface area contributed by atoms with Gasteiger partial charge in [0.05, 0.1) is 23.6 Å². The number of aromatic amines is 1. The van der Waals surface area contributed by atoms with Crippen molar-refractivity contribution >= 4 is 45.6 Å². The Morgan fingerprint density at radius 3 is 2.47 bits per heavy atom. The third-order valence-corrected chi connectivity index (χ3v) is 6.93. The zero-order chi connectivity index (χ0) is 27.0. The monoisotopic (exact) mass is 531 g/mol. The van der Waals surface area contributed by atoms with E-state index in [0.29, 0.717) is 28.3 Å². The number of nitrogens with zero attached hydrogens (tertiary/aromatic N) is 2. The first-order chi connectivity index (χ1) is 18.3. The van der Waals surface area contributed by atoms with Gasteiger partial charge in [0.1, 0.15) is 11.5 Å². The van der Waals surface area contributed by atoms with Crippen LogP contribution in [0, 0.1) is 10.1 Å². The number of methoxy groups -OCH3 is 1. The normalized spacial score (nSPS) is 16.8. The summed E-state index contributed by atoms with van der Waals surface area (Å²) in [6.07, 6.45) is 2.25. The number of hydrogen-bond donors (Lipinski definition) is 2. The number of carbonyl (C=O) groups excluding carboxylic acids is 2. The van der Waals surface area contributed by atoms with Crippen molar-refractivity contribution in [2.45, 2.75) is 12.5 Å². The van der Waals surface area contributed by atoms with Gasteiger partial charge in [-0.05, 0) is 72.1 Å². The van der Waals surface area contributed by atoms with E-state index in [2.05, 4.69) is 4.98 Å². The number of ketones is 1. The molecule has 1 aromatic heterocycles. The first kappa shape index (κ1) is 25.0. The quantitative estimate of drug-likeness (QED) is 0.108. The van der Waals surface area contributed by atoms with Gasteiger partial charge in [-0.2, -0.15) is 0 Å². The lowest BCUT2D eigenvalue weighted by Crippen LogP contribution is -2.31. The minimum absolute atomic E-state index is 0.0910. The smallest absolute Gasteiger partial charge is 0.295 e. The number of ether oxygens (including phenoxy) is 1. The van der Waals surface area contributed by atoms with Gasteiger partial charge in [-0.15, -0.1) is 0 Å². The Morgan fingerprint density at radius 1 is 1.11 bits per heavy atom. The fourth-order valence-electron chi connectivity index (χ4n) is 4.73. The number of carbonyl (C=O) groups is 2. The Hall–Kier alpha value is -4.63. The highest BCUT2D eigenvalue weighted by Crippen LogP contribution is 2.40. The van der Waals surface area contributed by atoms with Crippen LogP contribution >= 0.6 is 11.6 Å². The number of nitro groups is 1. The van der Waals surface area contributed by atoms with E-state index in [4.69, 9.17) is 16.3 Å². The Kier molecular flexibility index (Phi) is 6.61. The Balaban J connectivity index is 1.56. The summed E-state index contributed by atoms with van der Waals surface area (Å²) in [5.41, 5.74) is 2.38. The molecule has 1 amide bonds. The molecule has 38 heavy (non-hydrogen) atoms. The summed E-state index contributed by atoms with van der Waals surface area (Å²) in [7, 11) is 1.58. The fourth-order valence-corrected chi connectivity index (χ4v) is 4.86. The summed E-state index contributed by atoms with van der Waals surface area (Å²) < 4.78 is 5.33. The highest BCUT2D eigenvalue weighted by Gasteiger charge is 2.46. The summed E-state index contributed by atoms with van der Waals surface area (Å²) in [5, 5.41) is 23.7. The van der Waals surface area contributed by atoms with Gasteiger partial charge in [-0.3, -0.25) is 19.7 Å². The lowest BCUT2D eigenvalue weighted by atomic mass is 9.95. The van der Waals surface area contributed by atoms with Gasteiger partial charge in [-0.1, -0.05) is 11.6 Å². The van der Waals surface area contributed by atoms with Crippen LogP contribution in [-0.4, -0.2) is 45.3 Å². The van der Waals surface area contributed by atoms with Crippen LogP contribution in [0.1, 0.15) is 22.7 Å². The van der Waals surface area contributed by atoms with Crippen molar-refractivity contribution in [3.8, 4) is 5.75 Å². The maximum atomic E-state index is 13.3. The second-order valence-electron chi connectivity index (χ2n) is 8.82. The maximum absolute atomic E-state index is 13.3. The molecule has 2 heterocycles. The minimum atomic E-state index is -0.939. The molecule has 0 unspecified atom stereocenters. The highest BCUT2D eigenvalue weighted by atomic mass is 35.5. The highest BCUT2D eigenvalue weighted by molar-refractivity contribution is 6.46. The van der Waals surface area contributed by atoms with Gasteiger partial charge in [0.15, 0.2) is 0 Å². The Labute approximate surface area is 222 Å². The van der Waals surface area contributed by atoms with Crippen molar-refractivity contribution in [1.82, 2.24) is 9.88 Å². The number of halogens is 1. The lowest BCUT2D eigenvalue weighted by molar-refractivity contribution is -0.384. The molecular formula is C28H22ClN3O6. The number of nitro benzene ring substituents is 1. The van der Waals surface area contributed by atoms with Gasteiger partial charge >= 0.3 is 0 Å². The van der Waals surface area contributed by atoms with E-state index in [0.717, 1.165) is 16.5 Å². The molecule has 3 aromatic carbocycles. The fraction of sp³-hybridized carbons (Fsp3) is 0.143. The van der Waals surface area contributed by atoms with Crippen molar-refractivity contribution in [2.75, 3.05) is 13.7 Å². The van der Waals surface area contributed by atoms with Gasteiger partial charge in [-0.25, -0.2) is 0 Å². The molecule has 2 N–H and O–H groups in total. The molecule has 5 rings (SSSR count). The zero-order valence-electron chi connectivity index (χ0n) is 20.2. The van der Waals surface area contributed by atoms with Gasteiger partial charge in [0.2, 0.25) is 0 Å². The number of likely N-dealkylation sites (tertiary alicyclic amines) is 1. The second kappa shape index (κ2) is 10.0. The predicted molar refractivity (Wildman–Crippen MR) is 142 cm³/mol. The van der Waals surface area contributed by atoms with Crippen molar-refractivity contribution < 1.29 is 24.4 Å². The van der Waals surface area contributed by atoms with Gasteiger partial charge < -0.3 is 19.7 Å². The van der Waals surface area contributed by atoms with Crippen molar-refractivity contribution in [3.05, 3.63) is 110 Å². The molecule has 0 spiro atoms. The SMILES string of the molecule is COc1ccc2[nH]cc(CCN3C(=O)C(=O)C(=C(O)c4ccc(Cl)cc4)[C@@H]3c3ccc([N+](=O)[O-])cc3)c2c1. The third kappa shape index (κ3) is 4.48. The van der Waals surface area contributed by atoms with Crippen LogP contribution in [0.3, 0.4) is 0 Å². The van der Waals surface area contributed by atoms with Crippen molar-refractivity contribution in [3.63, 3.8) is 0 Å². The van der Waals surface area contributed by atoms with E-state index in [9.17, 15) is 24.8 Å². The molecule has 1 saturated heterocycles. The molecule has 0 aliphatic carbocycles. The number of Topliss-reactive ketones (excluding diaryl/α,β-unsaturated/α-hetero) is 1. The average molecular weight is 532 g/mol. The molecule has 10 heteroatoms. The van der Waals surface area contributed by atoms with E-state index < -0.39 is 22.7 Å². The summed E-state index contributed by atoms with van der Waals surface area (Å²) in [6, 6.07) is 16.5. The van der Waals surface area contributed by atoms with Gasteiger partial charge in [0, 0.05) is 46.4 Å². The molecule has 0 bridgehead atoms. The number of hydrogen-bond acceptors (Lipinski definition) is 6. The molecule has 9 nitrogen and oxygen atoms in total. The van der Waals surface area contributed by atoms with Crippen LogP contribution in [0.15, 0.2) is 78.5 Å². The molecule has 0 radical (unpaired) electrons. The summed E-state index contributed by atoms with van der Waals surface area (Å²) >= 11 is 5.97. The maximum Gasteiger partial charge on any atom is 0.295 e. The number of aliphatic hydroxyl groups is 1. The molecule has 0 saturated carbocycles. The van der Waals surface area contributed by atoms with E-state index in [1.165, 1.54) is 29.2 Å². The van der Waals surface area contributed by atoms with Crippen LogP contribution in [0.5, 0.6) is 5.75 Å². The minimum Gasteiger partial charge on any atom is -0.507 e. The molecule has 1 aliphatic heterocycles. The predicted octanol–water partition coefficient (Wildman–Crippen LogP) is 5.40. The van der Waals surface area contributed by atoms with Crippen LogP contribution in [-0.2, 0) is 16.0 Å². The van der Waals surface area contributed by atoms with Crippen LogP contribution in [0.2, 0.25) is 5.02 Å². The zero-order valence-corrected chi connectivity index (χ0v) is 20.9. The molecule has 1 atom stereocenters. The van der Waals surface area contributed by atoms with E-state index >= 15 is 0 Å². The number of non-ortho nitro benzene ring substituents is 1. The number of aromatic nitrogens is 1. The Morgan fingerprint density at radius 2 is 1.82 bits per heavy atom. The van der Waals surface area contributed by atoms with E-state index in [1.807, 2.05) is 24.4 Å². The van der Waals surface area contributed by atoms with Crippen molar-refractivity contribution in [1.29, 1.82) is 0 Å². The number of amides is 1. The summed E-state index contributed by atoms with van der Waals surface area (Å²) in [6.45, 7) is 0.161. The Bertz CT molecular complexity index is 1590. The third-order valence-electron chi connectivity index (χ3n) is 6.67. The number of H-pyrrole nitrogens is 1. The summed E-state index contributed by atoms with van der Waals surface area (Å²) in [5.74, 6) is -1.25. The molecular weight excluding hydrogens is 510 g/mol. The first-order valence-corrected chi connectivity index (χ1v) is 12.1. The number of nitrogens with one attached hydrogen (secondary N) is 1. The number of rotatable bonds is 7. The van der Waals surface area contributed by atoms with Crippen molar-refractivity contribution in [2.24, 2.45) is 0 Å². The van der Waals surface area contributed by atoms with E-state index in [-0.39, 0.29) is 23.6 Å². The topological polar surface area (TPSA) is 126 Å². The van der Waals surface area contributed by atoms with Gasteiger partial charge in [0.25, 0.3) is 17.4 Å². The number of benzene rings is 3. The molecule has 4 aromatic rings. The van der Waals surface area contributed by atoms with Crippen LogP contribution < -0.4 is 4.74 Å².